The van der Waals surface area contributed by atoms with Gasteiger partial charge in [-0.25, -0.2) is 0 Å². The van der Waals surface area contributed by atoms with E-state index in [-0.39, 0.29) is 11.9 Å². The Balaban J connectivity index is 3.27. The van der Waals surface area contributed by atoms with E-state index in [9.17, 15) is 9.59 Å². The first-order valence-corrected chi connectivity index (χ1v) is 11.3. The Morgan fingerprint density at radius 1 is 0.741 bits per heavy atom. The molecule has 0 aromatic heterocycles. The maximum atomic E-state index is 11.6. The van der Waals surface area contributed by atoms with Crippen LogP contribution in [0.25, 0.3) is 0 Å². The molecule has 0 unspecified atom stereocenters. The van der Waals surface area contributed by atoms with Crippen LogP contribution in [0, 0.1) is 0 Å². The van der Waals surface area contributed by atoms with Gasteiger partial charge in [-0.15, -0.1) is 0 Å². The lowest BCUT2D eigenvalue weighted by atomic mass is 10.1. The van der Waals surface area contributed by atoms with Gasteiger partial charge in [0.2, 0.25) is 5.91 Å². The molecule has 1 amide bonds. The van der Waals surface area contributed by atoms with Crippen LogP contribution < -0.4 is 5.32 Å². The van der Waals surface area contributed by atoms with Crippen LogP contribution >= 0.6 is 0 Å². The van der Waals surface area contributed by atoms with Crippen molar-refractivity contribution in [1.82, 2.24) is 5.32 Å². The van der Waals surface area contributed by atoms with Crippen molar-refractivity contribution < 1.29 is 14.3 Å². The maximum absolute atomic E-state index is 11.6. The summed E-state index contributed by atoms with van der Waals surface area (Å²) >= 11 is 0. The summed E-state index contributed by atoms with van der Waals surface area (Å²) < 4.78 is 5.06. The van der Waals surface area contributed by atoms with Crippen molar-refractivity contribution in [3.05, 3.63) is 12.2 Å². The fraction of sp³-hybridized carbons (Fsp3) is 0.826. The molecule has 158 valence electrons. The van der Waals surface area contributed by atoms with Crippen molar-refractivity contribution in [2.45, 2.75) is 110 Å². The number of allylic oxidation sites excluding steroid dienone is 2. The van der Waals surface area contributed by atoms with E-state index in [0.29, 0.717) is 19.4 Å². The largest absolute Gasteiger partial charge is 0.466 e. The van der Waals surface area contributed by atoms with E-state index in [4.69, 9.17) is 4.74 Å². The molecule has 0 aliphatic carbocycles. The number of esters is 1. The average molecular weight is 382 g/mol. The fourth-order valence-corrected chi connectivity index (χ4v) is 2.82. The SMILES string of the molecule is CCCCCCC(=O)NCCCC/C=C\CCCCCCC(=O)OCCC. The minimum absolute atomic E-state index is 0.0515. The van der Waals surface area contributed by atoms with Crippen LogP contribution in [0.4, 0.5) is 0 Å². The molecule has 0 saturated heterocycles. The van der Waals surface area contributed by atoms with Crippen molar-refractivity contribution in [2.75, 3.05) is 13.2 Å². The van der Waals surface area contributed by atoms with E-state index in [2.05, 4.69) is 24.4 Å². The van der Waals surface area contributed by atoms with Crippen LogP contribution in [0.5, 0.6) is 0 Å². The number of hydrogen-bond acceptors (Lipinski definition) is 3. The molecule has 0 bridgehead atoms. The van der Waals surface area contributed by atoms with E-state index < -0.39 is 0 Å². The summed E-state index contributed by atoms with van der Waals surface area (Å²) in [5, 5.41) is 3.01. The second-order valence-corrected chi connectivity index (χ2v) is 7.30. The van der Waals surface area contributed by atoms with E-state index in [1.165, 1.54) is 32.1 Å². The predicted molar refractivity (Wildman–Crippen MR) is 114 cm³/mol. The third-order valence-corrected chi connectivity index (χ3v) is 4.51. The first-order valence-electron chi connectivity index (χ1n) is 11.3. The fourth-order valence-electron chi connectivity index (χ4n) is 2.82. The molecule has 1 N–H and O–H groups in total. The molecule has 0 fully saturated rings. The molecule has 27 heavy (non-hydrogen) atoms. The van der Waals surface area contributed by atoms with E-state index in [1.807, 2.05) is 6.92 Å². The Morgan fingerprint density at radius 3 is 2.07 bits per heavy atom. The van der Waals surface area contributed by atoms with Crippen LogP contribution in [-0.2, 0) is 14.3 Å². The van der Waals surface area contributed by atoms with Crippen LogP contribution in [-0.4, -0.2) is 25.0 Å². The van der Waals surface area contributed by atoms with Crippen molar-refractivity contribution in [3.8, 4) is 0 Å². The zero-order valence-electron chi connectivity index (χ0n) is 17.9. The van der Waals surface area contributed by atoms with E-state index in [0.717, 1.165) is 57.9 Å². The van der Waals surface area contributed by atoms with Gasteiger partial charge in [0.05, 0.1) is 6.61 Å². The highest BCUT2D eigenvalue weighted by atomic mass is 16.5. The summed E-state index contributed by atoms with van der Waals surface area (Å²) in [5.74, 6) is 0.157. The number of carbonyl (C=O) groups excluding carboxylic acids is 2. The monoisotopic (exact) mass is 381 g/mol. The van der Waals surface area contributed by atoms with Crippen LogP contribution in [0.3, 0.4) is 0 Å². The normalized spacial score (nSPS) is 11.0. The number of carbonyl (C=O) groups is 2. The Kier molecular flexibility index (Phi) is 20.0. The molecule has 0 atom stereocenters. The molecule has 4 heteroatoms. The molecule has 0 saturated carbocycles. The molecular weight excluding hydrogens is 338 g/mol. The second kappa shape index (κ2) is 21.0. The molecule has 0 aromatic carbocycles. The van der Waals surface area contributed by atoms with Gasteiger partial charge in [0.25, 0.3) is 0 Å². The molecule has 0 radical (unpaired) electrons. The van der Waals surface area contributed by atoms with Gasteiger partial charge in [0, 0.05) is 19.4 Å². The summed E-state index contributed by atoms with van der Waals surface area (Å²) in [6, 6.07) is 0. The van der Waals surface area contributed by atoms with Gasteiger partial charge in [0.15, 0.2) is 0 Å². The standard InChI is InChI=1S/C23H43NO3/c1-3-5-6-15-18-22(25)24-20-17-14-12-10-8-7-9-11-13-16-19-23(26)27-21-4-2/h8,10H,3-7,9,11-21H2,1-2H3,(H,24,25)/b10-8-. The highest BCUT2D eigenvalue weighted by Crippen LogP contribution is 2.07. The summed E-state index contributed by atoms with van der Waals surface area (Å²) in [7, 11) is 0. The molecule has 0 aromatic rings. The quantitative estimate of drug-likeness (QED) is 0.167. The Hall–Kier alpha value is -1.32. The average Bonchev–Trinajstić information content (AvgIpc) is 2.67. The Bertz CT molecular complexity index is 380. The van der Waals surface area contributed by atoms with Gasteiger partial charge >= 0.3 is 5.97 Å². The number of amides is 1. The zero-order valence-corrected chi connectivity index (χ0v) is 17.9. The van der Waals surface area contributed by atoms with Gasteiger partial charge in [-0.05, 0) is 51.4 Å². The molecule has 0 rings (SSSR count). The first kappa shape index (κ1) is 25.7. The number of ether oxygens (including phenoxy) is 1. The van der Waals surface area contributed by atoms with E-state index >= 15 is 0 Å². The lowest BCUT2D eigenvalue weighted by molar-refractivity contribution is -0.143. The predicted octanol–water partition coefficient (Wildman–Crippen LogP) is 6.09. The highest BCUT2D eigenvalue weighted by molar-refractivity contribution is 5.75. The minimum Gasteiger partial charge on any atom is -0.466 e. The second-order valence-electron chi connectivity index (χ2n) is 7.30. The summed E-state index contributed by atoms with van der Waals surface area (Å²) in [4.78, 5) is 23.0. The Labute approximate surface area is 167 Å². The third-order valence-electron chi connectivity index (χ3n) is 4.51. The number of nitrogens with one attached hydrogen (secondary N) is 1. The van der Waals surface area contributed by atoms with Gasteiger partial charge < -0.3 is 10.1 Å². The summed E-state index contributed by atoms with van der Waals surface area (Å²) in [6.07, 6.45) is 20.1. The maximum Gasteiger partial charge on any atom is 0.305 e. The van der Waals surface area contributed by atoms with Crippen LogP contribution in [0.2, 0.25) is 0 Å². The molecular formula is C23H43NO3. The van der Waals surface area contributed by atoms with Crippen molar-refractivity contribution in [2.24, 2.45) is 0 Å². The van der Waals surface area contributed by atoms with Gasteiger partial charge in [-0.3, -0.25) is 9.59 Å². The molecule has 0 spiro atoms. The number of rotatable bonds is 19. The van der Waals surface area contributed by atoms with E-state index in [1.54, 1.807) is 0 Å². The lowest BCUT2D eigenvalue weighted by Crippen LogP contribution is -2.23. The number of hydrogen-bond donors (Lipinski definition) is 1. The smallest absolute Gasteiger partial charge is 0.305 e. The first-order chi connectivity index (χ1) is 13.2. The summed E-state index contributed by atoms with van der Waals surface area (Å²) in [6.45, 7) is 5.55. The zero-order chi connectivity index (χ0) is 20.0. The van der Waals surface area contributed by atoms with Gasteiger partial charge in [0.1, 0.15) is 0 Å². The Morgan fingerprint density at radius 2 is 1.37 bits per heavy atom. The minimum atomic E-state index is -0.0515. The van der Waals surface area contributed by atoms with Crippen molar-refractivity contribution in [3.63, 3.8) is 0 Å². The van der Waals surface area contributed by atoms with Crippen molar-refractivity contribution >= 4 is 11.9 Å². The topological polar surface area (TPSA) is 55.4 Å². The lowest BCUT2D eigenvalue weighted by Gasteiger charge is -2.04. The van der Waals surface area contributed by atoms with Gasteiger partial charge in [-0.1, -0.05) is 58.1 Å². The molecule has 4 nitrogen and oxygen atoms in total. The van der Waals surface area contributed by atoms with Crippen LogP contribution in [0.1, 0.15) is 110 Å². The van der Waals surface area contributed by atoms with Crippen molar-refractivity contribution in [1.29, 1.82) is 0 Å². The molecule has 0 aliphatic rings. The van der Waals surface area contributed by atoms with Crippen LogP contribution in [0.15, 0.2) is 12.2 Å². The van der Waals surface area contributed by atoms with Gasteiger partial charge in [-0.2, -0.15) is 0 Å². The molecule has 0 heterocycles. The highest BCUT2D eigenvalue weighted by Gasteiger charge is 2.01. The third kappa shape index (κ3) is 20.8. The number of unbranched alkanes of at least 4 members (excludes halogenated alkanes) is 9. The molecule has 0 aliphatic heterocycles. The summed E-state index contributed by atoms with van der Waals surface area (Å²) in [5.41, 5.74) is 0.